The van der Waals surface area contributed by atoms with Gasteiger partial charge in [0.25, 0.3) is 0 Å². The number of amides is 1. The maximum Gasteiger partial charge on any atom is 0.238 e. The number of benzene rings is 2. The molecule has 166 valence electrons. The van der Waals surface area contributed by atoms with Crippen molar-refractivity contribution in [3.8, 4) is 11.4 Å². The predicted molar refractivity (Wildman–Crippen MR) is 121 cm³/mol. The molecule has 6 nitrogen and oxygen atoms in total. The molecule has 32 heavy (non-hydrogen) atoms. The molecule has 2 aliphatic rings. The van der Waals surface area contributed by atoms with E-state index in [1.165, 1.54) is 23.9 Å². The lowest BCUT2D eigenvalue weighted by molar-refractivity contribution is -0.120. The van der Waals surface area contributed by atoms with Gasteiger partial charge in [0, 0.05) is 18.2 Å². The lowest BCUT2D eigenvalue weighted by Crippen LogP contribution is -2.30. The summed E-state index contributed by atoms with van der Waals surface area (Å²) < 4.78 is 21.4. The van der Waals surface area contributed by atoms with Gasteiger partial charge in [0.05, 0.1) is 12.6 Å². The van der Waals surface area contributed by atoms with E-state index < -0.39 is 5.25 Å². The Morgan fingerprint density at radius 2 is 1.91 bits per heavy atom. The molecule has 1 aliphatic carbocycles. The number of nitrogens with zero attached hydrogens (tertiary/aromatic N) is 3. The molecule has 2 unspecified atom stereocenters. The summed E-state index contributed by atoms with van der Waals surface area (Å²) in [6, 6.07) is 16.3. The first-order valence-electron chi connectivity index (χ1n) is 11.0. The van der Waals surface area contributed by atoms with Gasteiger partial charge < -0.3 is 10.1 Å². The second-order valence-corrected chi connectivity index (χ2v) is 9.32. The number of ether oxygens (including phenoxy) is 1. The maximum absolute atomic E-state index is 13.5. The van der Waals surface area contributed by atoms with Crippen LogP contribution in [-0.4, -0.2) is 39.4 Å². The van der Waals surface area contributed by atoms with Crippen LogP contribution in [0.1, 0.15) is 36.5 Å². The molecule has 2 aromatic carbocycles. The van der Waals surface area contributed by atoms with Crippen LogP contribution in [0.5, 0.6) is 0 Å². The molecule has 0 radical (unpaired) electrons. The molecule has 8 heteroatoms. The molecule has 0 spiro atoms. The molecular formula is C24H25FN4O2S. The third-order valence-electron chi connectivity index (χ3n) is 5.72. The Hall–Kier alpha value is -2.71. The summed E-state index contributed by atoms with van der Waals surface area (Å²) in [7, 11) is 0. The number of carbonyl (C=O) groups is 1. The largest absolute Gasteiger partial charge is 0.376 e. The van der Waals surface area contributed by atoms with Gasteiger partial charge in [-0.25, -0.2) is 4.39 Å². The Bertz CT molecular complexity index is 1060. The number of rotatable bonds is 8. The van der Waals surface area contributed by atoms with E-state index in [1.54, 1.807) is 12.1 Å². The van der Waals surface area contributed by atoms with E-state index in [0.717, 1.165) is 43.4 Å². The van der Waals surface area contributed by atoms with Gasteiger partial charge in [0.2, 0.25) is 5.91 Å². The second-order valence-electron chi connectivity index (χ2n) is 8.25. The Labute approximate surface area is 190 Å². The highest BCUT2D eigenvalue weighted by Gasteiger charge is 2.31. The molecule has 3 aromatic rings. The summed E-state index contributed by atoms with van der Waals surface area (Å²) in [6.45, 7) is 1.34. The third kappa shape index (κ3) is 4.86. The molecule has 5 rings (SSSR count). The summed E-state index contributed by atoms with van der Waals surface area (Å²) in [5, 5.41) is 12.2. The summed E-state index contributed by atoms with van der Waals surface area (Å²) in [5.41, 5.74) is 1.70. The van der Waals surface area contributed by atoms with Crippen LogP contribution in [0.4, 0.5) is 4.39 Å². The Kier molecular flexibility index (Phi) is 6.23. The van der Waals surface area contributed by atoms with Gasteiger partial charge in [-0.1, -0.05) is 42.1 Å². The van der Waals surface area contributed by atoms with E-state index in [2.05, 4.69) is 15.5 Å². The molecule has 2 atom stereocenters. The van der Waals surface area contributed by atoms with E-state index in [4.69, 9.17) is 4.74 Å². The van der Waals surface area contributed by atoms with Crippen molar-refractivity contribution < 1.29 is 13.9 Å². The van der Waals surface area contributed by atoms with Gasteiger partial charge in [-0.05, 0) is 55.5 Å². The fraction of sp³-hybridized carbons (Fsp3) is 0.375. The van der Waals surface area contributed by atoms with Crippen molar-refractivity contribution in [2.75, 3.05) is 6.61 Å². The Morgan fingerprint density at radius 3 is 2.59 bits per heavy atom. The summed E-state index contributed by atoms with van der Waals surface area (Å²) in [4.78, 5) is 13.1. The highest BCUT2D eigenvalue weighted by Crippen LogP contribution is 2.37. The van der Waals surface area contributed by atoms with Crippen molar-refractivity contribution in [2.24, 2.45) is 0 Å². The zero-order chi connectivity index (χ0) is 21.9. The maximum atomic E-state index is 13.5. The van der Waals surface area contributed by atoms with Crippen LogP contribution in [-0.2, 0) is 16.1 Å². The number of aromatic nitrogens is 3. The van der Waals surface area contributed by atoms with Crippen LogP contribution in [0.3, 0.4) is 0 Å². The number of nitrogens with one attached hydrogen (secondary N) is 1. The minimum absolute atomic E-state index is 0.0151. The smallest absolute Gasteiger partial charge is 0.238 e. The summed E-state index contributed by atoms with van der Waals surface area (Å²) in [5.74, 6) is 0.338. The number of carbonyl (C=O) groups excluding carboxylic acids is 1. The molecule has 0 bridgehead atoms. The summed E-state index contributed by atoms with van der Waals surface area (Å²) >= 11 is 1.40. The van der Waals surface area contributed by atoms with Gasteiger partial charge >= 0.3 is 0 Å². The molecule has 1 N–H and O–H groups in total. The number of hydrogen-bond acceptors (Lipinski definition) is 5. The summed E-state index contributed by atoms with van der Waals surface area (Å²) in [6.07, 6.45) is 4.12. The van der Waals surface area contributed by atoms with Crippen LogP contribution in [0.25, 0.3) is 11.4 Å². The van der Waals surface area contributed by atoms with Crippen LogP contribution in [0, 0.1) is 5.82 Å². The molecule has 2 fully saturated rings. The van der Waals surface area contributed by atoms with E-state index in [0.29, 0.717) is 17.5 Å². The standard InChI is InChI=1S/C24H25FN4O2S/c25-18-10-8-17(9-11-18)22-27-28-24(29(22)15-20-7-4-14-31-20)32-21(16-5-2-1-3-6-16)23(30)26-19-12-13-19/h1-3,5-6,8-11,19-21H,4,7,12-15H2,(H,26,30). The van der Waals surface area contributed by atoms with Crippen molar-refractivity contribution in [1.29, 1.82) is 0 Å². The molecule has 1 amide bonds. The van der Waals surface area contributed by atoms with E-state index in [9.17, 15) is 9.18 Å². The zero-order valence-electron chi connectivity index (χ0n) is 17.6. The Morgan fingerprint density at radius 1 is 1.12 bits per heavy atom. The van der Waals surface area contributed by atoms with Gasteiger partial charge in [0.1, 0.15) is 11.1 Å². The van der Waals surface area contributed by atoms with E-state index in [1.807, 2.05) is 34.9 Å². The first kappa shape index (κ1) is 21.2. The van der Waals surface area contributed by atoms with Gasteiger partial charge in [-0.2, -0.15) is 0 Å². The molecule has 1 saturated carbocycles. The first-order chi connectivity index (χ1) is 15.7. The molecular weight excluding hydrogens is 427 g/mol. The predicted octanol–water partition coefficient (Wildman–Crippen LogP) is 4.38. The van der Waals surface area contributed by atoms with Gasteiger partial charge in [-0.3, -0.25) is 9.36 Å². The highest BCUT2D eigenvalue weighted by atomic mass is 32.2. The third-order valence-corrected chi connectivity index (χ3v) is 6.95. The fourth-order valence-corrected chi connectivity index (χ4v) is 4.91. The number of hydrogen-bond donors (Lipinski definition) is 1. The van der Waals surface area contributed by atoms with Crippen molar-refractivity contribution in [2.45, 2.75) is 54.8 Å². The normalized spacial score (nSPS) is 19.1. The lowest BCUT2D eigenvalue weighted by Gasteiger charge is -2.19. The first-order valence-corrected chi connectivity index (χ1v) is 11.9. The second kappa shape index (κ2) is 9.42. The molecule has 1 aliphatic heterocycles. The average Bonchev–Trinajstić information content (AvgIpc) is 3.31. The average molecular weight is 453 g/mol. The molecule has 1 aromatic heterocycles. The zero-order valence-corrected chi connectivity index (χ0v) is 18.4. The van der Waals surface area contributed by atoms with E-state index >= 15 is 0 Å². The van der Waals surface area contributed by atoms with Crippen molar-refractivity contribution >= 4 is 17.7 Å². The SMILES string of the molecule is O=C(NC1CC1)C(Sc1nnc(-c2ccc(F)cc2)n1CC1CCCO1)c1ccccc1. The monoisotopic (exact) mass is 452 g/mol. The van der Waals surface area contributed by atoms with Crippen LogP contribution in [0.2, 0.25) is 0 Å². The number of thioether (sulfide) groups is 1. The van der Waals surface area contributed by atoms with Gasteiger partial charge in [0.15, 0.2) is 11.0 Å². The topological polar surface area (TPSA) is 69.0 Å². The number of halogens is 1. The van der Waals surface area contributed by atoms with E-state index in [-0.39, 0.29) is 23.9 Å². The van der Waals surface area contributed by atoms with Crippen LogP contribution >= 0.6 is 11.8 Å². The molecule has 2 heterocycles. The molecule has 1 saturated heterocycles. The van der Waals surface area contributed by atoms with Crippen molar-refractivity contribution in [1.82, 2.24) is 20.1 Å². The van der Waals surface area contributed by atoms with Crippen molar-refractivity contribution in [3.63, 3.8) is 0 Å². The minimum atomic E-state index is -0.440. The van der Waals surface area contributed by atoms with Crippen LogP contribution in [0.15, 0.2) is 59.8 Å². The lowest BCUT2D eigenvalue weighted by atomic mass is 10.1. The van der Waals surface area contributed by atoms with Crippen molar-refractivity contribution in [3.05, 3.63) is 66.0 Å². The minimum Gasteiger partial charge on any atom is -0.376 e. The quantitative estimate of drug-likeness (QED) is 0.514. The highest BCUT2D eigenvalue weighted by molar-refractivity contribution is 8.00. The Balaban J connectivity index is 1.48. The van der Waals surface area contributed by atoms with Gasteiger partial charge in [-0.15, -0.1) is 10.2 Å². The fourth-order valence-electron chi connectivity index (χ4n) is 3.86. The van der Waals surface area contributed by atoms with Crippen LogP contribution < -0.4 is 5.32 Å².